The topological polar surface area (TPSA) is 66.5 Å². The third-order valence-corrected chi connectivity index (χ3v) is 5.14. The van der Waals surface area contributed by atoms with Crippen LogP contribution in [0, 0.1) is 0 Å². The van der Waals surface area contributed by atoms with E-state index in [0.29, 0.717) is 5.75 Å². The van der Waals surface area contributed by atoms with Crippen LogP contribution in [0.1, 0.15) is 0 Å². The Hall–Kier alpha value is -0.480. The van der Waals surface area contributed by atoms with Crippen LogP contribution in [0.25, 0.3) is 0 Å². The number of amides is 1. The van der Waals surface area contributed by atoms with Crippen molar-refractivity contribution in [3.63, 3.8) is 0 Å². The quantitative estimate of drug-likeness (QED) is 0.795. The normalized spacial score (nSPS) is 21.5. The van der Waals surface area contributed by atoms with Gasteiger partial charge in [0.1, 0.15) is 5.37 Å². The maximum atomic E-state index is 11.9. The Morgan fingerprint density at radius 2 is 2.11 bits per heavy atom. The third kappa shape index (κ3) is 5.57. The number of rotatable bonds is 4. The van der Waals surface area contributed by atoms with E-state index in [4.69, 9.17) is 0 Å². The van der Waals surface area contributed by atoms with Gasteiger partial charge in [0.15, 0.2) is 9.84 Å². The van der Waals surface area contributed by atoms with E-state index in [9.17, 15) is 26.4 Å². The van der Waals surface area contributed by atoms with Crippen molar-refractivity contribution in [2.45, 2.75) is 11.6 Å². The van der Waals surface area contributed by atoms with Gasteiger partial charge in [0.25, 0.3) is 0 Å². The summed E-state index contributed by atoms with van der Waals surface area (Å²) in [6.45, 7) is -1.56. The van der Waals surface area contributed by atoms with Gasteiger partial charge in [-0.3, -0.25) is 4.79 Å². The summed E-state index contributed by atoms with van der Waals surface area (Å²) in [5.41, 5.74) is 0. The van der Waals surface area contributed by atoms with Crippen molar-refractivity contribution in [1.82, 2.24) is 10.2 Å². The summed E-state index contributed by atoms with van der Waals surface area (Å²) in [5, 5.41) is 1.02. The van der Waals surface area contributed by atoms with Crippen LogP contribution in [0.3, 0.4) is 0 Å². The van der Waals surface area contributed by atoms with Gasteiger partial charge in [-0.05, 0) is 0 Å². The molecule has 1 aliphatic rings. The highest BCUT2D eigenvalue weighted by Gasteiger charge is 2.34. The number of carbonyl (C=O) groups excluding carboxylic acids is 1. The molecule has 1 fully saturated rings. The van der Waals surface area contributed by atoms with Crippen LogP contribution in [-0.4, -0.2) is 68.2 Å². The molecule has 0 aromatic carbocycles. The van der Waals surface area contributed by atoms with Crippen molar-refractivity contribution in [3.8, 4) is 0 Å². The van der Waals surface area contributed by atoms with Gasteiger partial charge in [-0.1, -0.05) is 0 Å². The van der Waals surface area contributed by atoms with Gasteiger partial charge in [-0.2, -0.15) is 24.9 Å². The lowest BCUT2D eigenvalue weighted by Crippen LogP contribution is -2.52. The minimum Gasteiger partial charge on any atom is -0.323 e. The van der Waals surface area contributed by atoms with E-state index in [-0.39, 0.29) is 12.3 Å². The largest absolute Gasteiger partial charge is 0.401 e. The Balaban J connectivity index is 2.58. The lowest BCUT2D eigenvalue weighted by Gasteiger charge is -2.34. The van der Waals surface area contributed by atoms with Gasteiger partial charge in [0.05, 0.1) is 13.1 Å². The molecule has 0 aliphatic carbocycles. The molecule has 0 aromatic rings. The number of hydrogen-bond donors (Lipinski definition) is 1. The summed E-state index contributed by atoms with van der Waals surface area (Å²) in [5.74, 6) is 0.209. The summed E-state index contributed by atoms with van der Waals surface area (Å²) in [6, 6.07) is 0. The molecule has 19 heavy (non-hydrogen) atoms. The molecule has 0 radical (unpaired) electrons. The summed E-state index contributed by atoms with van der Waals surface area (Å²) in [7, 11) is -3.44. The van der Waals surface area contributed by atoms with Crippen LogP contribution in [0.4, 0.5) is 13.2 Å². The van der Waals surface area contributed by atoms with Crippen LogP contribution >= 0.6 is 11.8 Å². The highest BCUT2D eigenvalue weighted by molar-refractivity contribution is 8.00. The molecule has 0 bridgehead atoms. The highest BCUT2D eigenvalue weighted by atomic mass is 32.2. The van der Waals surface area contributed by atoms with E-state index < -0.39 is 40.4 Å². The Morgan fingerprint density at radius 3 is 2.63 bits per heavy atom. The van der Waals surface area contributed by atoms with E-state index in [2.05, 4.69) is 0 Å². The Morgan fingerprint density at radius 1 is 1.47 bits per heavy atom. The molecule has 1 saturated heterocycles. The monoisotopic (exact) mass is 320 g/mol. The van der Waals surface area contributed by atoms with E-state index >= 15 is 0 Å². The van der Waals surface area contributed by atoms with E-state index in [1.165, 1.54) is 11.8 Å². The van der Waals surface area contributed by atoms with Gasteiger partial charge >= 0.3 is 6.18 Å². The van der Waals surface area contributed by atoms with Crippen LogP contribution in [0.15, 0.2) is 0 Å². The zero-order chi connectivity index (χ0) is 14.7. The lowest BCUT2D eigenvalue weighted by molar-refractivity contribution is -0.134. The second-order valence-corrected chi connectivity index (χ2v) is 7.52. The molecule has 1 atom stereocenters. The van der Waals surface area contributed by atoms with Crippen molar-refractivity contribution >= 4 is 27.5 Å². The molecule has 1 heterocycles. The molecule has 10 heteroatoms. The Labute approximate surface area is 113 Å². The maximum Gasteiger partial charge on any atom is 0.401 e. The zero-order valence-electron chi connectivity index (χ0n) is 10.2. The SMILES string of the molecule is CS(=O)(=O)C1CSCCN1C(=O)CNCC(F)(F)F. The molecule has 0 spiro atoms. The second kappa shape index (κ2) is 6.31. The van der Waals surface area contributed by atoms with Gasteiger partial charge in [0.2, 0.25) is 5.91 Å². The minimum absolute atomic E-state index is 0.231. The Kier molecular flexibility index (Phi) is 5.51. The molecule has 5 nitrogen and oxygen atoms in total. The molecule has 1 N–H and O–H groups in total. The molecule has 1 amide bonds. The molecule has 0 saturated carbocycles. The molecule has 1 unspecified atom stereocenters. The van der Waals surface area contributed by atoms with Crippen molar-refractivity contribution in [2.75, 3.05) is 37.4 Å². The van der Waals surface area contributed by atoms with Crippen molar-refractivity contribution in [1.29, 1.82) is 0 Å². The number of nitrogens with one attached hydrogen (secondary N) is 1. The average Bonchev–Trinajstić information content (AvgIpc) is 2.26. The first kappa shape index (κ1) is 16.6. The van der Waals surface area contributed by atoms with Gasteiger partial charge in [-0.25, -0.2) is 8.42 Å². The lowest BCUT2D eigenvalue weighted by atomic mass is 10.4. The molecule has 1 rings (SSSR count). The molecular weight excluding hydrogens is 305 g/mol. The maximum absolute atomic E-state index is 11.9. The minimum atomic E-state index is -4.39. The highest BCUT2D eigenvalue weighted by Crippen LogP contribution is 2.20. The first-order chi connectivity index (χ1) is 8.61. The fourth-order valence-electron chi connectivity index (χ4n) is 1.63. The van der Waals surface area contributed by atoms with Gasteiger partial charge < -0.3 is 10.2 Å². The predicted molar refractivity (Wildman–Crippen MR) is 66.6 cm³/mol. The fourth-order valence-corrected chi connectivity index (χ4v) is 4.47. The number of hydrogen-bond acceptors (Lipinski definition) is 5. The van der Waals surface area contributed by atoms with Crippen molar-refractivity contribution < 1.29 is 26.4 Å². The molecular formula is C9H15F3N2O3S2. The average molecular weight is 320 g/mol. The predicted octanol–water partition coefficient (Wildman–Crippen LogP) is 0.0844. The fraction of sp³-hybridized carbons (Fsp3) is 0.889. The van der Waals surface area contributed by atoms with Gasteiger partial charge in [0, 0.05) is 24.3 Å². The number of carbonyl (C=O) groups is 1. The van der Waals surface area contributed by atoms with Crippen LogP contribution in [0.5, 0.6) is 0 Å². The number of halogens is 3. The standard InChI is InChI=1S/C9H15F3N2O3S2/c1-19(16,17)8-5-18-3-2-14(8)7(15)4-13-6-9(10,11)12/h8,13H,2-6H2,1H3. The van der Waals surface area contributed by atoms with Crippen molar-refractivity contribution in [3.05, 3.63) is 0 Å². The van der Waals surface area contributed by atoms with Gasteiger partial charge in [-0.15, -0.1) is 0 Å². The first-order valence-electron chi connectivity index (χ1n) is 5.45. The third-order valence-electron chi connectivity index (χ3n) is 2.50. The van der Waals surface area contributed by atoms with E-state index in [1.807, 2.05) is 5.32 Å². The van der Waals surface area contributed by atoms with Crippen LogP contribution in [-0.2, 0) is 14.6 Å². The first-order valence-corrected chi connectivity index (χ1v) is 8.56. The number of nitrogens with zero attached hydrogens (tertiary/aromatic N) is 1. The molecule has 0 aromatic heterocycles. The summed E-state index contributed by atoms with van der Waals surface area (Å²) in [6.07, 6.45) is -3.37. The van der Waals surface area contributed by atoms with E-state index in [0.717, 1.165) is 11.2 Å². The molecule has 112 valence electrons. The van der Waals surface area contributed by atoms with Crippen LogP contribution in [0.2, 0.25) is 0 Å². The summed E-state index contributed by atoms with van der Waals surface area (Å²) >= 11 is 1.41. The second-order valence-electron chi connectivity index (χ2n) is 4.16. The number of thioether (sulfide) groups is 1. The van der Waals surface area contributed by atoms with E-state index in [1.54, 1.807) is 0 Å². The smallest absolute Gasteiger partial charge is 0.323 e. The number of alkyl halides is 3. The number of sulfone groups is 1. The zero-order valence-corrected chi connectivity index (χ0v) is 11.9. The summed E-state index contributed by atoms with van der Waals surface area (Å²) in [4.78, 5) is 12.9. The van der Waals surface area contributed by atoms with Crippen LogP contribution < -0.4 is 5.32 Å². The Bertz CT molecular complexity index is 425. The molecule has 1 aliphatic heterocycles. The summed E-state index contributed by atoms with van der Waals surface area (Å²) < 4.78 is 58.8. The van der Waals surface area contributed by atoms with Crippen molar-refractivity contribution in [2.24, 2.45) is 0 Å².